The third-order valence-electron chi connectivity index (χ3n) is 5.15. The number of carbonyl (C=O) groups excluding carboxylic acids is 2. The van der Waals surface area contributed by atoms with Crippen LogP contribution in [0.3, 0.4) is 0 Å². The Kier molecular flexibility index (Phi) is 7.12. The second kappa shape index (κ2) is 10.6. The van der Waals surface area contributed by atoms with E-state index in [2.05, 4.69) is 22.7 Å². The van der Waals surface area contributed by atoms with E-state index in [0.717, 1.165) is 12.2 Å². The number of rotatable bonds is 10. The monoisotopic (exact) mass is 462 g/mol. The van der Waals surface area contributed by atoms with Crippen molar-refractivity contribution in [2.45, 2.75) is 40.0 Å². The Balaban J connectivity index is 1.38. The molecule has 4 aromatic rings. The van der Waals surface area contributed by atoms with Gasteiger partial charge in [0, 0.05) is 12.7 Å². The van der Waals surface area contributed by atoms with Crippen LogP contribution in [0.1, 0.15) is 52.0 Å². The largest absolute Gasteiger partial charge is 0.486 e. The van der Waals surface area contributed by atoms with E-state index >= 15 is 0 Å². The highest BCUT2D eigenvalue weighted by atomic mass is 16.5. The molecule has 176 valence electrons. The summed E-state index contributed by atoms with van der Waals surface area (Å²) < 4.78 is 18.2. The van der Waals surface area contributed by atoms with Crippen LogP contribution in [0.15, 0.2) is 69.8 Å². The van der Waals surface area contributed by atoms with Crippen molar-refractivity contribution in [1.29, 1.82) is 0 Å². The van der Waals surface area contributed by atoms with Crippen LogP contribution in [0.25, 0.3) is 0 Å². The summed E-state index contributed by atoms with van der Waals surface area (Å²) in [5, 5.41) is 9.71. The van der Waals surface area contributed by atoms with Crippen LogP contribution in [-0.4, -0.2) is 21.6 Å². The number of benzene rings is 1. The molecule has 0 spiro atoms. The molecule has 9 nitrogen and oxygen atoms in total. The lowest BCUT2D eigenvalue weighted by molar-refractivity contribution is 0.0943. The van der Waals surface area contributed by atoms with E-state index in [0.29, 0.717) is 18.1 Å². The second-order valence-corrected chi connectivity index (χ2v) is 7.52. The number of hydrogen-bond acceptors (Lipinski definition) is 6. The molecule has 0 unspecified atom stereocenters. The maximum atomic E-state index is 12.8. The molecule has 0 radical (unpaired) electrons. The van der Waals surface area contributed by atoms with Gasteiger partial charge in [0.2, 0.25) is 0 Å². The second-order valence-electron chi connectivity index (χ2n) is 7.52. The van der Waals surface area contributed by atoms with Crippen LogP contribution in [0.2, 0.25) is 0 Å². The summed E-state index contributed by atoms with van der Waals surface area (Å²) in [7, 11) is 0. The van der Waals surface area contributed by atoms with Gasteiger partial charge >= 0.3 is 0 Å². The van der Waals surface area contributed by atoms with Gasteiger partial charge in [-0.3, -0.25) is 14.3 Å². The van der Waals surface area contributed by atoms with E-state index in [4.69, 9.17) is 13.6 Å². The molecule has 0 atom stereocenters. The predicted molar refractivity (Wildman–Crippen MR) is 125 cm³/mol. The summed E-state index contributed by atoms with van der Waals surface area (Å²) >= 11 is 0. The van der Waals surface area contributed by atoms with Gasteiger partial charge in [0.25, 0.3) is 11.8 Å². The van der Waals surface area contributed by atoms with Gasteiger partial charge in [-0.1, -0.05) is 19.1 Å². The number of aromatic nitrogens is 2. The van der Waals surface area contributed by atoms with Crippen molar-refractivity contribution >= 4 is 17.5 Å². The fraction of sp³-hybridized carbons (Fsp3) is 0.240. The summed E-state index contributed by atoms with van der Waals surface area (Å²) in [6.07, 6.45) is 4.09. The first kappa shape index (κ1) is 22.9. The molecule has 0 saturated carbocycles. The predicted octanol–water partition coefficient (Wildman–Crippen LogP) is 4.41. The average Bonchev–Trinajstić information content (AvgIpc) is 3.62. The van der Waals surface area contributed by atoms with E-state index < -0.39 is 11.8 Å². The summed E-state index contributed by atoms with van der Waals surface area (Å²) in [5.74, 6) is 1.02. The first-order chi connectivity index (χ1) is 16.6. The number of nitrogens with zero attached hydrogens (tertiary/aromatic N) is 2. The minimum atomic E-state index is -0.491. The Morgan fingerprint density at radius 2 is 1.85 bits per heavy atom. The van der Waals surface area contributed by atoms with E-state index in [1.165, 1.54) is 11.8 Å². The van der Waals surface area contributed by atoms with Gasteiger partial charge in [0.15, 0.2) is 11.5 Å². The highest BCUT2D eigenvalue weighted by Crippen LogP contribution is 2.19. The number of amides is 2. The smallest absolute Gasteiger partial charge is 0.291 e. The van der Waals surface area contributed by atoms with Crippen LogP contribution < -0.4 is 15.4 Å². The van der Waals surface area contributed by atoms with Crippen molar-refractivity contribution in [3.8, 4) is 5.75 Å². The van der Waals surface area contributed by atoms with E-state index in [1.54, 1.807) is 35.1 Å². The molecule has 34 heavy (non-hydrogen) atoms. The van der Waals surface area contributed by atoms with E-state index in [9.17, 15) is 9.59 Å². The summed E-state index contributed by atoms with van der Waals surface area (Å²) in [5.41, 5.74) is 1.62. The third kappa shape index (κ3) is 5.55. The minimum Gasteiger partial charge on any atom is -0.486 e. The van der Waals surface area contributed by atoms with Crippen LogP contribution in [0.5, 0.6) is 5.75 Å². The number of furan rings is 2. The fourth-order valence-corrected chi connectivity index (χ4v) is 3.24. The third-order valence-corrected chi connectivity index (χ3v) is 5.15. The molecule has 4 rings (SSSR count). The molecule has 0 aliphatic heterocycles. The average molecular weight is 463 g/mol. The molecule has 0 aliphatic carbocycles. The summed E-state index contributed by atoms with van der Waals surface area (Å²) in [4.78, 5) is 25.4. The Morgan fingerprint density at radius 3 is 2.56 bits per heavy atom. The van der Waals surface area contributed by atoms with Gasteiger partial charge in [0.1, 0.15) is 23.9 Å². The number of nitrogens with one attached hydrogen (secondary N) is 2. The first-order valence-electron chi connectivity index (χ1n) is 11.1. The zero-order valence-corrected chi connectivity index (χ0v) is 19.0. The van der Waals surface area contributed by atoms with Gasteiger partial charge in [-0.05, 0) is 55.3 Å². The van der Waals surface area contributed by atoms with Crippen LogP contribution in [-0.2, 0) is 26.1 Å². The maximum Gasteiger partial charge on any atom is 0.291 e. The van der Waals surface area contributed by atoms with Gasteiger partial charge in [-0.25, -0.2) is 0 Å². The molecule has 1 aromatic carbocycles. The Hall–Kier alpha value is -4.27. The number of aryl methyl sites for hydroxylation is 2. The molecule has 9 heteroatoms. The quantitative estimate of drug-likeness (QED) is 0.361. The molecule has 3 heterocycles. The minimum absolute atomic E-state index is 0.103. The molecule has 2 N–H and O–H groups in total. The molecule has 3 aromatic heterocycles. The maximum absolute atomic E-state index is 12.8. The standard InChI is InChI=1S/C25H26N4O5/c1-3-17-7-9-18(10-8-17)33-16-20-11-12-22(34-20)24(30)27-21-15-29(4-2)28-23(21)25(31)26-14-19-6-5-13-32-19/h5-13,15H,3-4,14,16H2,1-2H3,(H,26,31)(H,27,30). The molecular formula is C25H26N4O5. The molecule has 0 fully saturated rings. The normalized spacial score (nSPS) is 10.8. The zero-order chi connectivity index (χ0) is 23.9. The van der Waals surface area contributed by atoms with Crippen molar-refractivity contribution in [3.05, 3.63) is 89.5 Å². The van der Waals surface area contributed by atoms with Crippen LogP contribution in [0.4, 0.5) is 5.69 Å². The number of carbonyl (C=O) groups is 2. The lowest BCUT2D eigenvalue weighted by atomic mass is 10.2. The highest BCUT2D eigenvalue weighted by Gasteiger charge is 2.21. The lowest BCUT2D eigenvalue weighted by Gasteiger charge is -2.06. The first-order valence-corrected chi connectivity index (χ1v) is 11.1. The molecular weight excluding hydrogens is 436 g/mol. The molecule has 0 bridgehead atoms. The number of ether oxygens (including phenoxy) is 1. The van der Waals surface area contributed by atoms with E-state index in [-0.39, 0.29) is 30.3 Å². The van der Waals surface area contributed by atoms with Crippen LogP contribution >= 0.6 is 0 Å². The zero-order valence-electron chi connectivity index (χ0n) is 19.0. The number of anilines is 1. The van der Waals surface area contributed by atoms with Crippen molar-refractivity contribution in [2.24, 2.45) is 0 Å². The Labute approximate surface area is 196 Å². The Morgan fingerprint density at radius 1 is 1.03 bits per heavy atom. The van der Waals surface area contributed by atoms with Gasteiger partial charge in [-0.15, -0.1) is 0 Å². The molecule has 2 amide bonds. The molecule has 0 saturated heterocycles. The lowest BCUT2D eigenvalue weighted by Crippen LogP contribution is -2.25. The highest BCUT2D eigenvalue weighted by molar-refractivity contribution is 6.07. The van der Waals surface area contributed by atoms with Gasteiger partial charge in [0.05, 0.1) is 18.5 Å². The summed E-state index contributed by atoms with van der Waals surface area (Å²) in [6, 6.07) is 14.6. The van der Waals surface area contributed by atoms with Crippen LogP contribution in [0, 0.1) is 0 Å². The summed E-state index contributed by atoms with van der Waals surface area (Å²) in [6.45, 7) is 4.91. The fourth-order valence-electron chi connectivity index (χ4n) is 3.24. The van der Waals surface area contributed by atoms with Gasteiger partial charge in [-0.2, -0.15) is 5.10 Å². The number of hydrogen-bond donors (Lipinski definition) is 2. The Bertz CT molecular complexity index is 1240. The van der Waals surface area contributed by atoms with Crippen molar-refractivity contribution < 1.29 is 23.2 Å². The van der Waals surface area contributed by atoms with Crippen molar-refractivity contribution in [1.82, 2.24) is 15.1 Å². The topological polar surface area (TPSA) is 112 Å². The molecule has 0 aliphatic rings. The van der Waals surface area contributed by atoms with Crippen molar-refractivity contribution in [3.63, 3.8) is 0 Å². The van der Waals surface area contributed by atoms with Gasteiger partial charge < -0.3 is 24.2 Å². The SMILES string of the molecule is CCc1ccc(OCc2ccc(C(=O)Nc3cn(CC)nc3C(=O)NCc3ccco3)o2)cc1. The van der Waals surface area contributed by atoms with Crippen molar-refractivity contribution in [2.75, 3.05) is 5.32 Å². The van der Waals surface area contributed by atoms with E-state index in [1.807, 2.05) is 31.2 Å².